The Hall–Kier alpha value is -5.12. The first-order chi connectivity index (χ1) is 24.6. The quantitative estimate of drug-likeness (QED) is 0.141. The number of imidazole rings is 2. The summed E-state index contributed by atoms with van der Waals surface area (Å²) >= 11 is 0. The third-order valence-electron chi connectivity index (χ3n) is 9.98. The number of aliphatic hydroxyl groups excluding tert-OH is 4. The van der Waals surface area contributed by atoms with Crippen LogP contribution >= 0.6 is 0 Å². The largest absolute Gasteiger partial charge is 0.388 e. The van der Waals surface area contributed by atoms with Gasteiger partial charge in [0, 0.05) is 31.0 Å². The molecule has 8 unspecified atom stereocenters. The first-order valence-electron chi connectivity index (χ1n) is 16.6. The van der Waals surface area contributed by atoms with E-state index in [0.29, 0.717) is 39.7 Å². The van der Waals surface area contributed by atoms with E-state index in [1.807, 2.05) is 41.8 Å². The van der Waals surface area contributed by atoms with E-state index in [4.69, 9.17) is 20.9 Å². The second-order valence-electron chi connectivity index (χ2n) is 13.3. The van der Waals surface area contributed by atoms with Gasteiger partial charge in [-0.3, -0.25) is 18.5 Å². The van der Waals surface area contributed by atoms with E-state index in [2.05, 4.69) is 40.1 Å². The summed E-state index contributed by atoms with van der Waals surface area (Å²) in [6.07, 6.45) is -3.82. The van der Waals surface area contributed by atoms with Gasteiger partial charge in [0.05, 0.1) is 36.1 Å². The molecule has 0 aliphatic carbocycles. The summed E-state index contributed by atoms with van der Waals surface area (Å²) in [6.45, 7) is 11.1. The summed E-state index contributed by atoms with van der Waals surface area (Å²) in [6, 6.07) is 0. The zero-order valence-electron chi connectivity index (χ0n) is 29.9. The highest BCUT2D eigenvalue weighted by molar-refractivity contribution is 5.85. The van der Waals surface area contributed by atoms with Crippen molar-refractivity contribution < 1.29 is 29.9 Å². The van der Waals surface area contributed by atoms with Gasteiger partial charge in [-0.25, -0.2) is 29.9 Å². The van der Waals surface area contributed by atoms with Crippen molar-refractivity contribution >= 4 is 34.0 Å². The van der Waals surface area contributed by atoms with Crippen molar-refractivity contribution in [1.82, 2.24) is 58.6 Å². The molecule has 0 saturated carbocycles. The third kappa shape index (κ3) is 5.54. The molecule has 8 N–H and O–H groups in total. The Morgan fingerprint density at radius 3 is 1.50 bits per heavy atom. The molecule has 0 spiro atoms. The molecule has 2 saturated heterocycles. The van der Waals surface area contributed by atoms with E-state index in [0.717, 1.165) is 28.2 Å². The second kappa shape index (κ2) is 12.8. The summed E-state index contributed by atoms with van der Waals surface area (Å²) in [5, 5.41) is 49.4. The van der Waals surface area contributed by atoms with E-state index in [9.17, 15) is 20.4 Å². The van der Waals surface area contributed by atoms with E-state index >= 15 is 0 Å². The number of fused-ring (bicyclic) bond motifs is 2. The van der Waals surface area contributed by atoms with Gasteiger partial charge in [0.1, 0.15) is 41.1 Å². The van der Waals surface area contributed by atoms with E-state index < -0.39 is 49.1 Å². The van der Waals surface area contributed by atoms with Crippen molar-refractivity contribution in [1.29, 1.82) is 0 Å². The molecule has 8 rings (SSSR count). The number of ether oxygens (including phenoxy) is 2. The molecule has 0 radical (unpaired) electrons. The van der Waals surface area contributed by atoms with E-state index in [1.54, 1.807) is 32.3 Å². The Morgan fingerprint density at radius 2 is 1.10 bits per heavy atom. The number of aromatic nitrogens is 12. The number of hydrogen-bond donors (Lipinski definition) is 6. The minimum Gasteiger partial charge on any atom is -0.388 e. The monoisotopic (exact) mass is 718 g/mol. The predicted octanol–water partition coefficient (Wildman–Crippen LogP) is 0.130. The summed E-state index contributed by atoms with van der Waals surface area (Å²) in [4.78, 5) is 26.4. The molecule has 20 heteroatoms. The fourth-order valence-corrected chi connectivity index (χ4v) is 6.61. The normalized spacial score (nSPS) is 26.1. The van der Waals surface area contributed by atoms with Crippen LogP contribution in [0.3, 0.4) is 0 Å². The van der Waals surface area contributed by atoms with Crippen LogP contribution in [-0.2, 0) is 23.6 Å². The van der Waals surface area contributed by atoms with Gasteiger partial charge in [0.15, 0.2) is 47.0 Å². The van der Waals surface area contributed by atoms with Gasteiger partial charge in [0.25, 0.3) is 0 Å². The van der Waals surface area contributed by atoms with Crippen LogP contribution in [0.15, 0.2) is 12.7 Å². The number of nitrogen functional groups attached to an aromatic ring is 2. The van der Waals surface area contributed by atoms with E-state index in [1.165, 1.54) is 12.7 Å². The zero-order chi connectivity index (χ0) is 37.5. The Labute approximate surface area is 296 Å². The number of aliphatic hydroxyl groups is 4. The highest BCUT2D eigenvalue weighted by Crippen LogP contribution is 2.35. The zero-order valence-corrected chi connectivity index (χ0v) is 29.9. The summed E-state index contributed by atoms with van der Waals surface area (Å²) in [5.74, 6) is 1.25. The third-order valence-corrected chi connectivity index (χ3v) is 9.98. The fourth-order valence-electron chi connectivity index (χ4n) is 6.61. The average molecular weight is 719 g/mol. The maximum Gasteiger partial charge on any atom is 0.184 e. The van der Waals surface area contributed by atoms with Gasteiger partial charge in [-0.2, -0.15) is 10.2 Å². The lowest BCUT2D eigenvalue weighted by molar-refractivity contribution is -0.0299. The maximum atomic E-state index is 10.3. The van der Waals surface area contributed by atoms with Gasteiger partial charge in [-0.1, -0.05) is 0 Å². The van der Waals surface area contributed by atoms with Crippen LogP contribution in [-0.4, -0.2) is 116 Å². The number of nitrogens with two attached hydrogens (primary N) is 2. The summed E-state index contributed by atoms with van der Waals surface area (Å²) in [7, 11) is 3.70. The van der Waals surface area contributed by atoms with Crippen molar-refractivity contribution in [3.8, 4) is 22.9 Å². The molecule has 6 aromatic rings. The molecule has 0 amide bonds. The fraction of sp³-hybridized carbons (Fsp3) is 0.500. The summed E-state index contributed by atoms with van der Waals surface area (Å²) < 4.78 is 18.0. The van der Waals surface area contributed by atoms with Crippen LogP contribution in [0, 0.1) is 27.7 Å². The number of hydrogen-bond acceptors (Lipinski definition) is 16. The molecule has 20 nitrogen and oxygen atoms in total. The average Bonchev–Trinajstić information content (AvgIpc) is 3.93. The van der Waals surface area contributed by atoms with Crippen molar-refractivity contribution in [3.63, 3.8) is 0 Å². The van der Waals surface area contributed by atoms with Gasteiger partial charge in [-0.05, 0) is 41.5 Å². The van der Waals surface area contributed by atoms with Crippen molar-refractivity contribution in [2.75, 3.05) is 11.5 Å². The molecule has 2 aliphatic heterocycles. The number of rotatable bonds is 4. The standard InChI is InChI=1S/2C16H21N7O3/c1-6-9(7(2)22(4)21-6)14-19-13(17)10-15(20-14)23(5-18-10)16-12(25)11(24)8(3)26-16;1-6-7(2)22(4)21-9(6)14-19-13(17)10-15(20-14)23(5-18-10)16-12(25)11(24)8(3)26-16/h2*5,8,11-12,16,24-25H,1-4H3,(H2,17,19,20). The lowest BCUT2D eigenvalue weighted by Gasteiger charge is -2.16. The Kier molecular flexibility index (Phi) is 8.70. The van der Waals surface area contributed by atoms with E-state index in [-0.39, 0.29) is 11.6 Å². The van der Waals surface area contributed by atoms with Crippen LogP contribution in [0.25, 0.3) is 45.2 Å². The number of aryl methyl sites for hydroxylation is 3. The van der Waals surface area contributed by atoms with Gasteiger partial charge in [0.2, 0.25) is 0 Å². The SMILES string of the molecule is Cc1c(-c2nc(N)c3ncn(C4OC(C)C(O)C4O)c3n2)nn(C)c1C.Cc1nn(C)c(C)c1-c1nc(N)c2ncn(C3OC(C)C(O)C3O)c2n1. The Bertz CT molecular complexity index is 2310. The molecular formula is C32H42N14O6. The highest BCUT2D eigenvalue weighted by atomic mass is 16.6. The molecule has 0 aromatic carbocycles. The van der Waals surface area contributed by atoms with Crippen LogP contribution in [0.5, 0.6) is 0 Å². The lowest BCUT2D eigenvalue weighted by Crippen LogP contribution is -2.30. The van der Waals surface area contributed by atoms with Crippen molar-refractivity contribution in [2.45, 2.75) is 90.6 Å². The maximum absolute atomic E-state index is 10.3. The number of anilines is 2. The van der Waals surface area contributed by atoms with Crippen LogP contribution in [0.1, 0.15) is 48.9 Å². The van der Waals surface area contributed by atoms with Crippen LogP contribution in [0.2, 0.25) is 0 Å². The Morgan fingerprint density at radius 1 is 0.635 bits per heavy atom. The molecule has 8 atom stereocenters. The smallest absolute Gasteiger partial charge is 0.184 e. The molecular weight excluding hydrogens is 676 g/mol. The topological polar surface area (TPSA) is 274 Å². The Balaban J connectivity index is 0.000000162. The van der Waals surface area contributed by atoms with Crippen LogP contribution in [0.4, 0.5) is 11.6 Å². The first kappa shape index (κ1) is 35.3. The van der Waals surface area contributed by atoms with Gasteiger partial charge in [-0.15, -0.1) is 0 Å². The highest BCUT2D eigenvalue weighted by Gasteiger charge is 2.43. The molecule has 2 fully saturated rings. The number of nitrogens with zero attached hydrogens (tertiary/aromatic N) is 12. The molecule has 8 heterocycles. The lowest BCUT2D eigenvalue weighted by atomic mass is 10.1. The minimum absolute atomic E-state index is 0.215. The van der Waals surface area contributed by atoms with Crippen molar-refractivity contribution in [2.24, 2.45) is 14.1 Å². The molecule has 6 aromatic heterocycles. The van der Waals surface area contributed by atoms with Gasteiger partial charge < -0.3 is 41.4 Å². The van der Waals surface area contributed by atoms with Crippen LogP contribution < -0.4 is 11.5 Å². The molecule has 0 bridgehead atoms. The first-order valence-corrected chi connectivity index (χ1v) is 16.6. The molecule has 2 aliphatic rings. The van der Waals surface area contributed by atoms with Gasteiger partial charge >= 0.3 is 0 Å². The minimum atomic E-state index is -1.10. The summed E-state index contributed by atoms with van der Waals surface area (Å²) in [5.41, 5.74) is 18.9. The van der Waals surface area contributed by atoms with Crippen molar-refractivity contribution in [3.05, 3.63) is 35.3 Å². The molecule has 276 valence electrons. The molecule has 52 heavy (non-hydrogen) atoms. The predicted molar refractivity (Wildman–Crippen MR) is 186 cm³/mol. The second-order valence-corrected chi connectivity index (χ2v) is 13.3.